The van der Waals surface area contributed by atoms with Crippen LogP contribution in [-0.2, 0) is 20.7 Å². The number of H-pyrrole nitrogens is 1. The van der Waals surface area contributed by atoms with E-state index in [4.69, 9.17) is 14.2 Å². The molecule has 1 aromatic heterocycles. The van der Waals surface area contributed by atoms with Crippen LogP contribution in [0.4, 0.5) is 0 Å². The lowest BCUT2D eigenvalue weighted by atomic mass is 10.1. The minimum Gasteiger partial charge on any atom is -0.482 e. The van der Waals surface area contributed by atoms with E-state index in [0.717, 1.165) is 12.0 Å². The van der Waals surface area contributed by atoms with Crippen LogP contribution in [0.25, 0.3) is 0 Å². The summed E-state index contributed by atoms with van der Waals surface area (Å²) in [4.78, 5) is 39.2. The highest BCUT2D eigenvalue weighted by Crippen LogP contribution is 2.20. The summed E-state index contributed by atoms with van der Waals surface area (Å²) in [5, 5.41) is 0. The number of nitrogens with one attached hydrogen (secondary N) is 1. The first-order chi connectivity index (χ1) is 13.4. The summed E-state index contributed by atoms with van der Waals surface area (Å²) >= 11 is 0. The summed E-state index contributed by atoms with van der Waals surface area (Å²) in [5.74, 6) is -0.958. The molecule has 0 atom stereocenters. The molecule has 0 aliphatic heterocycles. The van der Waals surface area contributed by atoms with Gasteiger partial charge in [0.25, 0.3) is 0 Å². The number of hydrogen-bond donors (Lipinski definition) is 1. The van der Waals surface area contributed by atoms with Crippen molar-refractivity contribution in [3.8, 4) is 5.75 Å². The molecule has 0 aliphatic rings. The van der Waals surface area contributed by atoms with Gasteiger partial charge in [-0.05, 0) is 44.4 Å². The Balaban J connectivity index is 1.94. The quantitative estimate of drug-likeness (QED) is 0.525. The second kappa shape index (κ2) is 9.73. The van der Waals surface area contributed by atoms with Gasteiger partial charge in [0.1, 0.15) is 5.75 Å². The number of para-hydroxylation sites is 1. The van der Waals surface area contributed by atoms with E-state index < -0.39 is 24.3 Å². The van der Waals surface area contributed by atoms with Crippen LogP contribution in [0, 0.1) is 13.8 Å². The lowest BCUT2D eigenvalue weighted by Gasteiger charge is -2.10. The van der Waals surface area contributed by atoms with E-state index in [0.29, 0.717) is 22.6 Å². The molecule has 0 saturated carbocycles. The largest absolute Gasteiger partial charge is 0.482 e. The van der Waals surface area contributed by atoms with Crippen molar-refractivity contribution in [1.82, 2.24) is 4.98 Å². The van der Waals surface area contributed by atoms with Crippen molar-refractivity contribution in [1.29, 1.82) is 0 Å². The zero-order valence-corrected chi connectivity index (χ0v) is 16.6. The van der Waals surface area contributed by atoms with E-state index in [2.05, 4.69) is 4.98 Å². The summed E-state index contributed by atoms with van der Waals surface area (Å²) in [6.45, 7) is 6.54. The van der Waals surface area contributed by atoms with Crippen LogP contribution in [0.3, 0.4) is 0 Å². The van der Waals surface area contributed by atoms with Crippen LogP contribution in [0.15, 0.2) is 24.3 Å². The van der Waals surface area contributed by atoms with Crippen molar-refractivity contribution in [2.45, 2.75) is 34.1 Å². The van der Waals surface area contributed by atoms with Crippen LogP contribution >= 0.6 is 0 Å². The number of aromatic amines is 1. The molecule has 1 aromatic carbocycles. The van der Waals surface area contributed by atoms with Gasteiger partial charge in [-0.25, -0.2) is 9.59 Å². The molecule has 7 nitrogen and oxygen atoms in total. The van der Waals surface area contributed by atoms with Crippen molar-refractivity contribution in [3.63, 3.8) is 0 Å². The molecule has 1 heterocycles. The fourth-order valence-electron chi connectivity index (χ4n) is 2.87. The molecule has 0 amide bonds. The minimum atomic E-state index is -0.647. The highest BCUT2D eigenvalue weighted by Gasteiger charge is 2.23. The molecule has 0 fully saturated rings. The number of ketones is 1. The molecule has 2 aromatic rings. The van der Waals surface area contributed by atoms with Gasteiger partial charge in [0.15, 0.2) is 13.2 Å². The van der Waals surface area contributed by atoms with E-state index in [1.807, 2.05) is 25.1 Å². The Hall–Kier alpha value is -3.09. The number of aryl methyl sites for hydroxylation is 2. The van der Waals surface area contributed by atoms with Gasteiger partial charge >= 0.3 is 11.9 Å². The van der Waals surface area contributed by atoms with Gasteiger partial charge in [0.05, 0.1) is 17.9 Å². The summed E-state index contributed by atoms with van der Waals surface area (Å²) in [7, 11) is 0. The zero-order valence-electron chi connectivity index (χ0n) is 16.6. The summed E-state index contributed by atoms with van der Waals surface area (Å²) in [6, 6.07) is 7.41. The van der Waals surface area contributed by atoms with Gasteiger partial charge in [0.2, 0.25) is 5.78 Å². The third-order valence-electron chi connectivity index (χ3n) is 4.26. The Kier molecular flexibility index (Phi) is 7.37. The van der Waals surface area contributed by atoms with E-state index in [9.17, 15) is 14.4 Å². The molecule has 28 heavy (non-hydrogen) atoms. The van der Waals surface area contributed by atoms with Crippen molar-refractivity contribution >= 4 is 17.7 Å². The molecule has 0 aliphatic carbocycles. The lowest BCUT2D eigenvalue weighted by molar-refractivity contribution is -0.144. The monoisotopic (exact) mass is 387 g/mol. The molecule has 0 spiro atoms. The first kappa shape index (κ1) is 21.2. The molecule has 2 rings (SSSR count). The van der Waals surface area contributed by atoms with Crippen molar-refractivity contribution < 1.29 is 28.6 Å². The number of carbonyl (C=O) groups excluding carboxylic acids is 3. The number of Topliss-reactive ketones (excluding diaryl/α,β-unsaturated/α-hetero) is 1. The fraction of sp³-hybridized carbons (Fsp3) is 0.381. The molecule has 7 heteroatoms. The van der Waals surface area contributed by atoms with Crippen LogP contribution in [0.2, 0.25) is 0 Å². The molecular weight excluding hydrogens is 362 g/mol. The maximum Gasteiger partial charge on any atom is 0.344 e. The molecule has 150 valence electrons. The van der Waals surface area contributed by atoms with E-state index in [-0.39, 0.29) is 18.9 Å². The third-order valence-corrected chi connectivity index (χ3v) is 4.26. The normalized spacial score (nSPS) is 10.4. The van der Waals surface area contributed by atoms with Gasteiger partial charge in [-0.3, -0.25) is 4.79 Å². The van der Waals surface area contributed by atoms with Crippen molar-refractivity contribution in [2.24, 2.45) is 0 Å². The SMILES string of the molecule is CCOC(=O)c1c(C)[nH]c(C(=O)COC(=O)COc2ccccc2CC)c1C. The predicted octanol–water partition coefficient (Wildman–Crippen LogP) is 3.18. The Morgan fingerprint density at radius 2 is 1.71 bits per heavy atom. The van der Waals surface area contributed by atoms with Crippen molar-refractivity contribution in [3.05, 3.63) is 52.3 Å². The van der Waals surface area contributed by atoms with Gasteiger partial charge in [-0.15, -0.1) is 0 Å². The molecule has 0 unspecified atom stereocenters. The number of esters is 2. The topological polar surface area (TPSA) is 94.7 Å². The second-order valence-electron chi connectivity index (χ2n) is 6.18. The van der Waals surface area contributed by atoms with Crippen LogP contribution in [0.1, 0.15) is 51.5 Å². The number of benzene rings is 1. The van der Waals surface area contributed by atoms with E-state index >= 15 is 0 Å². The Morgan fingerprint density at radius 1 is 1.00 bits per heavy atom. The number of aromatic nitrogens is 1. The fourth-order valence-corrected chi connectivity index (χ4v) is 2.87. The highest BCUT2D eigenvalue weighted by molar-refractivity contribution is 6.02. The maximum atomic E-state index is 12.4. The van der Waals surface area contributed by atoms with Crippen LogP contribution in [0.5, 0.6) is 5.75 Å². The standard InChI is InChI=1S/C21H25NO6/c1-5-15-9-7-8-10-17(15)27-12-18(24)28-11-16(23)20-13(3)19(14(4)22-20)21(25)26-6-2/h7-10,22H,5-6,11-12H2,1-4H3. The average molecular weight is 387 g/mol. The van der Waals surface area contributed by atoms with Crippen LogP contribution < -0.4 is 4.74 Å². The zero-order chi connectivity index (χ0) is 20.7. The summed E-state index contributed by atoms with van der Waals surface area (Å²) < 4.78 is 15.5. The first-order valence-electron chi connectivity index (χ1n) is 9.14. The molecular formula is C21H25NO6. The van der Waals surface area contributed by atoms with Gasteiger partial charge in [-0.1, -0.05) is 25.1 Å². The smallest absolute Gasteiger partial charge is 0.344 e. The third kappa shape index (κ3) is 5.00. The Labute approximate surface area is 164 Å². The number of hydrogen-bond acceptors (Lipinski definition) is 6. The van der Waals surface area contributed by atoms with Gasteiger partial charge in [-0.2, -0.15) is 0 Å². The average Bonchev–Trinajstić information content (AvgIpc) is 2.99. The molecule has 0 saturated heterocycles. The minimum absolute atomic E-state index is 0.227. The van der Waals surface area contributed by atoms with Crippen LogP contribution in [-0.4, -0.2) is 42.5 Å². The molecule has 1 N–H and O–H groups in total. The van der Waals surface area contributed by atoms with Gasteiger partial charge in [0, 0.05) is 5.69 Å². The number of ether oxygens (including phenoxy) is 3. The number of rotatable bonds is 9. The molecule has 0 radical (unpaired) electrons. The first-order valence-corrected chi connectivity index (χ1v) is 9.14. The van der Waals surface area contributed by atoms with Crippen molar-refractivity contribution in [2.75, 3.05) is 19.8 Å². The van der Waals surface area contributed by atoms with E-state index in [1.165, 1.54) is 0 Å². The van der Waals surface area contributed by atoms with E-state index in [1.54, 1.807) is 26.8 Å². The highest BCUT2D eigenvalue weighted by atomic mass is 16.6. The second-order valence-corrected chi connectivity index (χ2v) is 6.18. The maximum absolute atomic E-state index is 12.4. The Morgan fingerprint density at radius 3 is 2.39 bits per heavy atom. The number of carbonyl (C=O) groups is 3. The molecule has 0 bridgehead atoms. The van der Waals surface area contributed by atoms with Gasteiger partial charge < -0.3 is 19.2 Å². The summed E-state index contributed by atoms with van der Waals surface area (Å²) in [5.41, 5.74) is 2.55. The Bertz CT molecular complexity index is 868. The predicted molar refractivity (Wildman–Crippen MR) is 103 cm³/mol. The summed E-state index contributed by atoms with van der Waals surface area (Å²) in [6.07, 6.45) is 0.776. The lowest BCUT2D eigenvalue weighted by Crippen LogP contribution is -2.20.